The highest BCUT2D eigenvalue weighted by Gasteiger charge is 2.06. The first-order valence-corrected chi connectivity index (χ1v) is 8.26. The molecule has 0 aliphatic rings. The molecule has 0 spiro atoms. The second-order valence-electron chi connectivity index (χ2n) is 5.39. The lowest BCUT2D eigenvalue weighted by Crippen LogP contribution is -1.83. The molecule has 0 saturated heterocycles. The van der Waals surface area contributed by atoms with Crippen LogP contribution in [0.3, 0.4) is 0 Å². The van der Waals surface area contributed by atoms with E-state index in [0.29, 0.717) is 0 Å². The molecule has 0 nitrogen and oxygen atoms in total. The summed E-state index contributed by atoms with van der Waals surface area (Å²) in [5.74, 6) is 0. The van der Waals surface area contributed by atoms with Crippen LogP contribution in [-0.2, 0) is 0 Å². The maximum absolute atomic E-state index is 6.06. The van der Waals surface area contributed by atoms with Crippen LogP contribution in [0.25, 0.3) is 32.7 Å². The molecule has 22 heavy (non-hydrogen) atoms. The topological polar surface area (TPSA) is 0 Å². The largest absolute Gasteiger partial charge is 0.0843 e. The van der Waals surface area contributed by atoms with Gasteiger partial charge >= 0.3 is 0 Å². The van der Waals surface area contributed by atoms with Crippen molar-refractivity contribution >= 4 is 49.1 Å². The van der Waals surface area contributed by atoms with Crippen molar-refractivity contribution in [1.29, 1.82) is 0 Å². The van der Waals surface area contributed by atoms with Crippen molar-refractivity contribution in [3.05, 3.63) is 82.3 Å². The number of rotatable bonds is 1. The Labute approximate surface area is 142 Å². The normalized spacial score (nSPS) is 11.2. The molecule has 0 amide bonds. The fourth-order valence-electron chi connectivity index (χ4n) is 2.82. The van der Waals surface area contributed by atoms with Crippen molar-refractivity contribution in [3.8, 4) is 11.1 Å². The smallest absolute Gasteiger partial charge is 0.0412 e. The molecule has 0 atom stereocenters. The number of benzene rings is 4. The van der Waals surface area contributed by atoms with Gasteiger partial charge in [0.05, 0.1) is 0 Å². The Bertz CT molecular complexity index is 1000. The molecule has 0 aliphatic carbocycles. The molecule has 0 fully saturated rings. The third kappa shape index (κ3) is 2.41. The average Bonchev–Trinajstić information content (AvgIpc) is 2.54. The summed E-state index contributed by atoms with van der Waals surface area (Å²) < 4.78 is 1.11. The summed E-state index contributed by atoms with van der Waals surface area (Å²) in [7, 11) is 0. The maximum Gasteiger partial charge on any atom is 0.0412 e. The van der Waals surface area contributed by atoms with E-state index in [9.17, 15) is 0 Å². The minimum Gasteiger partial charge on any atom is -0.0843 e. The first-order valence-electron chi connectivity index (χ1n) is 7.09. The van der Waals surface area contributed by atoms with E-state index in [1.54, 1.807) is 0 Å². The minimum atomic E-state index is 0.770. The van der Waals surface area contributed by atoms with Gasteiger partial charge in [0.2, 0.25) is 0 Å². The zero-order chi connectivity index (χ0) is 15.1. The number of fused-ring (bicyclic) bond motifs is 2. The Hall–Kier alpha value is -1.83. The summed E-state index contributed by atoms with van der Waals surface area (Å²) in [6, 6.07) is 25.3. The molecule has 0 aliphatic heterocycles. The zero-order valence-electron chi connectivity index (χ0n) is 11.7. The van der Waals surface area contributed by atoms with Crippen LogP contribution in [-0.4, -0.2) is 0 Å². The SMILES string of the molecule is Clc1ccc2cc(-c3cc4ccccc4cc3Br)ccc2c1. The van der Waals surface area contributed by atoms with Crippen LogP contribution in [0.4, 0.5) is 0 Å². The molecule has 0 saturated carbocycles. The summed E-state index contributed by atoms with van der Waals surface area (Å²) in [6.07, 6.45) is 0. The van der Waals surface area contributed by atoms with Crippen LogP contribution in [0.1, 0.15) is 0 Å². The van der Waals surface area contributed by atoms with Crippen LogP contribution in [0.5, 0.6) is 0 Å². The highest BCUT2D eigenvalue weighted by Crippen LogP contribution is 2.34. The Morgan fingerprint density at radius 1 is 0.636 bits per heavy atom. The summed E-state index contributed by atoms with van der Waals surface area (Å²) in [6.45, 7) is 0. The van der Waals surface area contributed by atoms with Crippen molar-refractivity contribution in [3.63, 3.8) is 0 Å². The Morgan fingerprint density at radius 3 is 2.09 bits per heavy atom. The van der Waals surface area contributed by atoms with Crippen LogP contribution in [0.15, 0.2) is 77.3 Å². The maximum atomic E-state index is 6.06. The van der Waals surface area contributed by atoms with E-state index >= 15 is 0 Å². The molecular formula is C20H12BrCl. The molecule has 4 aromatic carbocycles. The van der Waals surface area contributed by atoms with E-state index in [-0.39, 0.29) is 0 Å². The third-order valence-corrected chi connectivity index (χ3v) is 4.84. The van der Waals surface area contributed by atoms with E-state index in [2.05, 4.69) is 76.6 Å². The van der Waals surface area contributed by atoms with Crippen LogP contribution >= 0.6 is 27.5 Å². The highest BCUT2D eigenvalue weighted by molar-refractivity contribution is 9.10. The van der Waals surface area contributed by atoms with Crippen LogP contribution < -0.4 is 0 Å². The van der Waals surface area contributed by atoms with E-state index in [4.69, 9.17) is 11.6 Å². The summed E-state index contributed by atoms with van der Waals surface area (Å²) in [5, 5.41) is 5.62. The quantitative estimate of drug-likeness (QED) is 0.337. The van der Waals surface area contributed by atoms with Gasteiger partial charge in [-0.2, -0.15) is 0 Å². The minimum absolute atomic E-state index is 0.770. The lowest BCUT2D eigenvalue weighted by atomic mass is 9.99. The van der Waals surface area contributed by atoms with E-state index < -0.39 is 0 Å². The van der Waals surface area contributed by atoms with Crippen LogP contribution in [0.2, 0.25) is 5.02 Å². The Morgan fingerprint density at radius 2 is 1.27 bits per heavy atom. The molecule has 2 heteroatoms. The Balaban J connectivity index is 1.94. The van der Waals surface area contributed by atoms with E-state index in [0.717, 1.165) is 14.9 Å². The molecule has 106 valence electrons. The predicted molar refractivity (Wildman–Crippen MR) is 99.6 cm³/mol. The van der Waals surface area contributed by atoms with Crippen molar-refractivity contribution in [1.82, 2.24) is 0 Å². The molecule has 0 bridgehead atoms. The van der Waals surface area contributed by atoms with Gasteiger partial charge in [-0.3, -0.25) is 0 Å². The Kier molecular flexibility index (Phi) is 3.40. The van der Waals surface area contributed by atoms with Crippen molar-refractivity contribution in [2.75, 3.05) is 0 Å². The molecule has 0 heterocycles. The second kappa shape index (κ2) is 5.42. The van der Waals surface area contributed by atoms with Gasteiger partial charge in [-0.15, -0.1) is 0 Å². The fourth-order valence-corrected chi connectivity index (χ4v) is 3.59. The molecule has 0 unspecified atom stereocenters. The first-order chi connectivity index (χ1) is 10.7. The summed E-state index contributed by atoms with van der Waals surface area (Å²) in [5.41, 5.74) is 2.41. The number of hydrogen-bond donors (Lipinski definition) is 0. The fraction of sp³-hybridized carbons (Fsp3) is 0. The monoisotopic (exact) mass is 366 g/mol. The average molecular weight is 368 g/mol. The van der Waals surface area contributed by atoms with Gasteiger partial charge in [-0.25, -0.2) is 0 Å². The molecule has 4 aromatic rings. The van der Waals surface area contributed by atoms with Gasteiger partial charge in [-0.1, -0.05) is 70.0 Å². The lowest BCUT2D eigenvalue weighted by molar-refractivity contribution is 1.64. The number of hydrogen-bond acceptors (Lipinski definition) is 0. The van der Waals surface area contributed by atoms with E-state index in [1.807, 2.05) is 12.1 Å². The van der Waals surface area contributed by atoms with Gasteiger partial charge in [0.15, 0.2) is 0 Å². The van der Waals surface area contributed by atoms with Gasteiger partial charge in [-0.05, 0) is 63.0 Å². The van der Waals surface area contributed by atoms with Crippen molar-refractivity contribution in [2.45, 2.75) is 0 Å². The summed E-state index contributed by atoms with van der Waals surface area (Å²) in [4.78, 5) is 0. The number of halogens is 2. The van der Waals surface area contributed by atoms with Gasteiger partial charge < -0.3 is 0 Å². The van der Waals surface area contributed by atoms with E-state index in [1.165, 1.54) is 27.3 Å². The molecular weight excluding hydrogens is 356 g/mol. The third-order valence-electron chi connectivity index (χ3n) is 3.95. The lowest BCUT2D eigenvalue weighted by Gasteiger charge is -2.09. The molecule has 4 rings (SSSR count). The van der Waals surface area contributed by atoms with Crippen LogP contribution in [0, 0.1) is 0 Å². The molecule has 0 aromatic heterocycles. The highest BCUT2D eigenvalue weighted by atomic mass is 79.9. The molecule has 0 radical (unpaired) electrons. The van der Waals surface area contributed by atoms with Gasteiger partial charge in [0.25, 0.3) is 0 Å². The van der Waals surface area contributed by atoms with Crippen molar-refractivity contribution < 1.29 is 0 Å². The zero-order valence-corrected chi connectivity index (χ0v) is 14.0. The first kappa shape index (κ1) is 13.8. The predicted octanol–water partition coefficient (Wildman–Crippen LogP) is 7.08. The molecule has 0 N–H and O–H groups in total. The standard InChI is InChI=1S/C20H12BrCl/c21-20-12-14-4-2-1-3-13(14)11-19(20)17-6-5-16-10-18(22)8-7-15(16)9-17/h1-12H. The second-order valence-corrected chi connectivity index (χ2v) is 6.68. The summed E-state index contributed by atoms with van der Waals surface area (Å²) >= 11 is 9.77. The van der Waals surface area contributed by atoms with Gasteiger partial charge in [0.1, 0.15) is 0 Å². The van der Waals surface area contributed by atoms with Gasteiger partial charge in [0, 0.05) is 9.50 Å². The van der Waals surface area contributed by atoms with Crippen molar-refractivity contribution in [2.24, 2.45) is 0 Å².